The summed E-state index contributed by atoms with van der Waals surface area (Å²) in [6, 6.07) is 10.1. The largest absolute Gasteiger partial charge is 0.478 e. The molecular formula is C21H15NO10S2. The van der Waals surface area contributed by atoms with Crippen molar-refractivity contribution in [2.24, 2.45) is 0 Å². The Hall–Kier alpha value is -4.23. The molecule has 0 fully saturated rings. The maximum absolute atomic E-state index is 13.6. The van der Waals surface area contributed by atoms with Crippen LogP contribution < -0.4 is 5.73 Å². The second kappa shape index (κ2) is 8.61. The third kappa shape index (κ3) is 3.97. The lowest BCUT2D eigenvalue weighted by Crippen LogP contribution is -2.20. The van der Waals surface area contributed by atoms with E-state index in [1.807, 2.05) is 0 Å². The molecule has 0 aliphatic carbocycles. The maximum Gasteiger partial charge on any atom is 0.337 e. The van der Waals surface area contributed by atoms with Gasteiger partial charge in [-0.2, -0.15) is 0 Å². The summed E-state index contributed by atoms with van der Waals surface area (Å²) in [5, 5.41) is 28.5. The van der Waals surface area contributed by atoms with Crippen LogP contribution in [0.4, 0.5) is 5.69 Å². The van der Waals surface area contributed by atoms with Crippen LogP contribution in [0, 0.1) is 0 Å². The fourth-order valence-corrected chi connectivity index (χ4v) is 7.31. The zero-order valence-corrected chi connectivity index (χ0v) is 18.5. The van der Waals surface area contributed by atoms with Gasteiger partial charge in [-0.25, -0.2) is 31.2 Å². The molecule has 34 heavy (non-hydrogen) atoms. The Morgan fingerprint density at radius 1 is 0.559 bits per heavy atom. The molecule has 13 heteroatoms. The lowest BCUT2D eigenvalue weighted by Gasteiger charge is -2.18. The second-order valence-electron chi connectivity index (χ2n) is 6.78. The van der Waals surface area contributed by atoms with Crippen LogP contribution in [0.5, 0.6) is 0 Å². The van der Waals surface area contributed by atoms with Gasteiger partial charge in [0.1, 0.15) is 9.79 Å². The summed E-state index contributed by atoms with van der Waals surface area (Å²) in [5.74, 6) is -5.15. The van der Waals surface area contributed by atoms with Gasteiger partial charge in [-0.05, 0) is 36.4 Å². The minimum atomic E-state index is -5.14. The molecule has 3 rings (SSSR count). The van der Waals surface area contributed by atoms with Gasteiger partial charge in [-0.1, -0.05) is 24.3 Å². The van der Waals surface area contributed by atoms with Crippen LogP contribution in [0.25, 0.3) is 0 Å². The van der Waals surface area contributed by atoms with Gasteiger partial charge in [-0.15, -0.1) is 0 Å². The first-order chi connectivity index (χ1) is 15.8. The van der Waals surface area contributed by atoms with Crippen molar-refractivity contribution in [3.63, 3.8) is 0 Å². The van der Waals surface area contributed by atoms with Gasteiger partial charge in [0.15, 0.2) is 0 Å². The van der Waals surface area contributed by atoms with Crippen LogP contribution in [-0.2, 0) is 19.7 Å². The number of nitrogens with two attached hydrogens (primary N) is 1. The molecule has 0 aromatic heterocycles. The second-order valence-corrected chi connectivity index (χ2v) is 10.5. The topological polar surface area (TPSA) is 206 Å². The Labute approximate surface area is 192 Å². The summed E-state index contributed by atoms with van der Waals surface area (Å²) >= 11 is 0. The first-order valence-electron chi connectivity index (χ1n) is 9.12. The van der Waals surface area contributed by atoms with Crippen molar-refractivity contribution < 1.29 is 46.5 Å². The van der Waals surface area contributed by atoms with Gasteiger partial charge in [-0.3, -0.25) is 0 Å². The van der Waals surface area contributed by atoms with Crippen LogP contribution in [0.15, 0.2) is 80.2 Å². The number of benzene rings is 3. The van der Waals surface area contributed by atoms with Crippen molar-refractivity contribution in [2.75, 3.05) is 5.73 Å². The molecule has 0 saturated heterocycles. The molecule has 3 aromatic carbocycles. The fourth-order valence-electron chi connectivity index (χ4n) is 3.27. The van der Waals surface area contributed by atoms with E-state index in [-0.39, 0.29) is 0 Å². The lowest BCUT2D eigenvalue weighted by atomic mass is 10.2. The molecule has 0 aliphatic rings. The molecule has 5 N–H and O–H groups in total. The molecular weight excluding hydrogens is 490 g/mol. The van der Waals surface area contributed by atoms with Gasteiger partial charge in [0.05, 0.1) is 32.2 Å². The minimum Gasteiger partial charge on any atom is -0.478 e. The summed E-state index contributed by atoms with van der Waals surface area (Å²) in [4.78, 5) is 31.0. The van der Waals surface area contributed by atoms with Crippen molar-refractivity contribution in [3.05, 3.63) is 77.4 Å². The highest BCUT2D eigenvalue weighted by atomic mass is 32.2. The normalized spacial score (nSPS) is 11.6. The highest BCUT2D eigenvalue weighted by molar-refractivity contribution is 7.94. The van der Waals surface area contributed by atoms with E-state index in [9.17, 15) is 46.5 Å². The molecule has 0 radical (unpaired) electrons. The summed E-state index contributed by atoms with van der Waals surface area (Å²) in [6.45, 7) is 0. The van der Waals surface area contributed by atoms with Crippen molar-refractivity contribution in [1.82, 2.24) is 0 Å². The molecule has 0 unspecified atom stereocenters. The highest BCUT2D eigenvalue weighted by Gasteiger charge is 2.38. The molecule has 0 amide bonds. The third-order valence-electron chi connectivity index (χ3n) is 4.72. The van der Waals surface area contributed by atoms with E-state index in [0.717, 1.165) is 36.4 Å². The Balaban J connectivity index is 2.54. The van der Waals surface area contributed by atoms with Crippen LogP contribution in [0.3, 0.4) is 0 Å². The number of carbonyl (C=O) groups is 3. The molecule has 176 valence electrons. The van der Waals surface area contributed by atoms with Gasteiger partial charge in [0, 0.05) is 0 Å². The molecule has 0 bridgehead atoms. The number of carboxylic acids is 3. The van der Waals surface area contributed by atoms with E-state index in [4.69, 9.17) is 5.73 Å². The number of anilines is 1. The van der Waals surface area contributed by atoms with Crippen molar-refractivity contribution in [2.45, 2.75) is 19.6 Å². The number of rotatable bonds is 7. The molecule has 11 nitrogen and oxygen atoms in total. The number of carboxylic acid groups (broad SMARTS) is 3. The van der Waals surface area contributed by atoms with Gasteiger partial charge in [0.2, 0.25) is 19.7 Å². The van der Waals surface area contributed by atoms with E-state index >= 15 is 0 Å². The first-order valence-corrected chi connectivity index (χ1v) is 12.1. The van der Waals surface area contributed by atoms with E-state index in [2.05, 4.69) is 0 Å². The molecule has 0 spiro atoms. The van der Waals surface area contributed by atoms with Gasteiger partial charge in [0.25, 0.3) is 0 Å². The number of aromatic carboxylic acids is 3. The number of hydrogen-bond donors (Lipinski definition) is 4. The Kier molecular flexibility index (Phi) is 6.18. The Morgan fingerprint density at radius 3 is 1.35 bits per heavy atom. The molecule has 3 aromatic rings. The van der Waals surface area contributed by atoms with Crippen LogP contribution >= 0.6 is 0 Å². The molecule has 0 heterocycles. The van der Waals surface area contributed by atoms with Crippen molar-refractivity contribution in [3.8, 4) is 0 Å². The minimum absolute atomic E-state index is 0.684. The number of hydrogen-bond acceptors (Lipinski definition) is 8. The lowest BCUT2D eigenvalue weighted by molar-refractivity contribution is 0.0681. The Morgan fingerprint density at radius 2 is 0.941 bits per heavy atom. The third-order valence-corrected chi connectivity index (χ3v) is 8.66. The summed E-state index contributed by atoms with van der Waals surface area (Å²) < 4.78 is 54.3. The zero-order chi connectivity index (χ0) is 25.4. The fraction of sp³-hybridized carbons (Fsp3) is 0. The maximum atomic E-state index is 13.6. The standard InChI is InChI=1S/C21H15NO10S2/c22-14-10-9-13(21(27)28)17(33(29,30)15-7-3-1-5-11(15)19(23)24)18(14)34(31,32)16-8-4-2-6-12(16)20(25)26/h1-10H,22H2,(H,23,24)(H,25,26)(H,27,28). The van der Waals surface area contributed by atoms with Crippen molar-refractivity contribution >= 4 is 43.3 Å². The average molecular weight is 505 g/mol. The number of nitrogen functional groups attached to an aromatic ring is 1. The van der Waals surface area contributed by atoms with E-state index in [1.165, 1.54) is 24.3 Å². The molecule has 0 saturated carbocycles. The first kappa shape index (κ1) is 24.4. The van der Waals surface area contributed by atoms with E-state index < -0.39 is 79.5 Å². The monoisotopic (exact) mass is 505 g/mol. The Bertz CT molecular complexity index is 1570. The van der Waals surface area contributed by atoms with Crippen molar-refractivity contribution in [1.29, 1.82) is 0 Å². The SMILES string of the molecule is Nc1ccc(C(=O)O)c(S(=O)(=O)c2ccccc2C(=O)O)c1S(=O)(=O)c1ccccc1C(=O)O. The highest BCUT2D eigenvalue weighted by Crippen LogP contribution is 2.39. The number of sulfone groups is 2. The van der Waals surface area contributed by atoms with Gasteiger partial charge < -0.3 is 21.1 Å². The van der Waals surface area contributed by atoms with Gasteiger partial charge >= 0.3 is 17.9 Å². The van der Waals surface area contributed by atoms with E-state index in [1.54, 1.807) is 0 Å². The summed E-state index contributed by atoms with van der Waals surface area (Å²) in [7, 11) is -10.2. The zero-order valence-electron chi connectivity index (χ0n) is 16.9. The summed E-state index contributed by atoms with van der Waals surface area (Å²) in [5.41, 5.74) is 2.68. The average Bonchev–Trinajstić information content (AvgIpc) is 2.78. The van der Waals surface area contributed by atoms with Crippen LogP contribution in [0.2, 0.25) is 0 Å². The molecule has 0 aliphatic heterocycles. The predicted octanol–water partition coefficient (Wildman–Crippen LogP) is 2.03. The summed E-state index contributed by atoms with van der Waals surface area (Å²) in [6.07, 6.45) is 0. The quantitative estimate of drug-likeness (QED) is 0.342. The predicted molar refractivity (Wildman–Crippen MR) is 116 cm³/mol. The van der Waals surface area contributed by atoms with Crippen LogP contribution in [0.1, 0.15) is 31.1 Å². The molecule has 0 atom stereocenters. The van der Waals surface area contributed by atoms with Crippen LogP contribution in [-0.4, -0.2) is 50.1 Å². The smallest absolute Gasteiger partial charge is 0.337 e. The van der Waals surface area contributed by atoms with E-state index in [0.29, 0.717) is 0 Å².